The summed E-state index contributed by atoms with van der Waals surface area (Å²) in [6, 6.07) is 7.73. The zero-order valence-electron chi connectivity index (χ0n) is 27.1. The minimum absolute atomic E-state index is 0.150. The zero-order valence-corrected chi connectivity index (χ0v) is 27.1. The van der Waals surface area contributed by atoms with E-state index in [4.69, 9.17) is 24.9 Å². The molecule has 2 saturated heterocycles. The number of rotatable bonds is 9. The molecule has 2 aliphatic carbocycles. The van der Waals surface area contributed by atoms with Gasteiger partial charge in [-0.1, -0.05) is 19.4 Å². The van der Waals surface area contributed by atoms with E-state index in [0.29, 0.717) is 40.4 Å². The molecule has 5 heterocycles. The lowest BCUT2D eigenvalue weighted by Gasteiger charge is -2.46. The largest absolute Gasteiger partial charge is 0.382 e. The van der Waals surface area contributed by atoms with Crippen LogP contribution in [-0.2, 0) is 26.0 Å². The van der Waals surface area contributed by atoms with E-state index in [1.807, 2.05) is 18.4 Å². The van der Waals surface area contributed by atoms with Gasteiger partial charge in [-0.15, -0.1) is 0 Å². The van der Waals surface area contributed by atoms with Gasteiger partial charge in [-0.2, -0.15) is 0 Å². The van der Waals surface area contributed by atoms with Crippen LogP contribution in [0.1, 0.15) is 90.8 Å². The number of anilines is 1. The molecule has 4 atom stereocenters. The summed E-state index contributed by atoms with van der Waals surface area (Å²) in [7, 11) is 0. The van der Waals surface area contributed by atoms with Crippen molar-refractivity contribution in [3.8, 4) is 0 Å². The van der Waals surface area contributed by atoms with Crippen molar-refractivity contribution in [3.05, 3.63) is 42.2 Å². The number of fused-ring (bicyclic) bond motifs is 3. The highest BCUT2D eigenvalue weighted by molar-refractivity contribution is 5.81. The highest BCUT2D eigenvalue weighted by atomic mass is 16.8. The van der Waals surface area contributed by atoms with Crippen LogP contribution >= 0.6 is 0 Å². The summed E-state index contributed by atoms with van der Waals surface area (Å²) in [4.78, 5) is 24.2. The summed E-state index contributed by atoms with van der Waals surface area (Å²) in [5, 5.41) is 0. The van der Waals surface area contributed by atoms with Gasteiger partial charge in [0.15, 0.2) is 23.5 Å². The van der Waals surface area contributed by atoms with Gasteiger partial charge in [0.1, 0.15) is 36.0 Å². The number of aromatic amines is 1. The van der Waals surface area contributed by atoms with Gasteiger partial charge in [0.2, 0.25) is 0 Å². The summed E-state index contributed by atoms with van der Waals surface area (Å²) in [5.74, 6) is 1.47. The highest BCUT2D eigenvalue weighted by Crippen LogP contribution is 2.46. The second kappa shape index (κ2) is 10.7. The molecule has 4 aliphatic rings. The predicted molar refractivity (Wildman–Crippen MR) is 171 cm³/mol. The third kappa shape index (κ3) is 5.12. The molecule has 240 valence electrons. The minimum Gasteiger partial charge on any atom is -0.382 e. The van der Waals surface area contributed by atoms with Crippen molar-refractivity contribution in [2.75, 3.05) is 12.3 Å². The van der Waals surface area contributed by atoms with E-state index in [0.717, 1.165) is 30.7 Å². The Morgan fingerprint density at radius 3 is 2.64 bits per heavy atom. The first-order valence-electron chi connectivity index (χ1n) is 16.8. The SMILES string of the molecule is CC(C)N(C[C@H]1O[C@@H](n2cnc3c(N)ncnc32)[C@H]2OC(C)(C)O[C@@H]21)C1CC(CCc2nc3ccc(C4(C)CCC4)cc3[nH]2)C1. The quantitative estimate of drug-likeness (QED) is 0.259. The normalized spacial score (nSPS) is 30.3. The van der Waals surface area contributed by atoms with Crippen LogP contribution in [0.25, 0.3) is 22.2 Å². The number of nitrogen functional groups attached to an aromatic ring is 1. The van der Waals surface area contributed by atoms with Gasteiger partial charge in [0.05, 0.1) is 17.4 Å². The highest BCUT2D eigenvalue weighted by Gasteiger charge is 2.57. The van der Waals surface area contributed by atoms with Crippen LogP contribution in [0.4, 0.5) is 5.82 Å². The number of nitrogens with one attached hydrogen (secondary N) is 1. The van der Waals surface area contributed by atoms with E-state index in [9.17, 15) is 0 Å². The van der Waals surface area contributed by atoms with Crippen molar-refractivity contribution >= 4 is 28.0 Å². The number of nitrogens with zero attached hydrogens (tertiary/aromatic N) is 6. The monoisotopic (exact) mass is 614 g/mol. The van der Waals surface area contributed by atoms with Crippen LogP contribution in [0.2, 0.25) is 0 Å². The molecule has 4 aromatic rings. The molecular formula is C34H46N8O3. The molecule has 3 aromatic heterocycles. The Labute approximate surface area is 264 Å². The molecule has 2 aliphatic heterocycles. The number of aromatic nitrogens is 6. The van der Waals surface area contributed by atoms with E-state index < -0.39 is 12.0 Å². The predicted octanol–water partition coefficient (Wildman–Crippen LogP) is 5.27. The molecule has 4 fully saturated rings. The first-order valence-corrected chi connectivity index (χ1v) is 16.8. The molecule has 0 unspecified atom stereocenters. The van der Waals surface area contributed by atoms with E-state index in [2.05, 4.69) is 63.8 Å². The lowest BCUT2D eigenvalue weighted by molar-refractivity contribution is -0.199. The summed E-state index contributed by atoms with van der Waals surface area (Å²) in [6.45, 7) is 11.7. The standard InChI is InChI=1S/C34H46N8O3/c1-19(2)41(22-13-20(14-22)7-10-26-39-23-9-8-21(15-24(23)40-26)34(5)11-6-12-34)16-25-28-29(45-33(3,4)44-28)32(43-25)42-18-38-27-30(35)36-17-37-31(27)42/h8-9,15,17-20,22,25,28-29,32H,6-7,10-14,16H2,1-5H3,(H,39,40)(H2,35,36,37)/t20?,22?,25-,28-,29+,32-/m1/s1. The van der Waals surface area contributed by atoms with Gasteiger partial charge in [-0.3, -0.25) is 9.47 Å². The summed E-state index contributed by atoms with van der Waals surface area (Å²) in [5.41, 5.74) is 11.3. The maximum atomic E-state index is 6.73. The molecule has 11 heteroatoms. The second-order valence-electron chi connectivity index (χ2n) is 14.9. The number of H-pyrrole nitrogens is 1. The van der Waals surface area contributed by atoms with E-state index in [1.54, 1.807) is 6.33 Å². The molecule has 45 heavy (non-hydrogen) atoms. The van der Waals surface area contributed by atoms with Crippen molar-refractivity contribution < 1.29 is 14.2 Å². The fraction of sp³-hybridized carbons (Fsp3) is 0.647. The topological polar surface area (TPSA) is 129 Å². The Hall–Kier alpha value is -3.12. The zero-order chi connectivity index (χ0) is 31.1. The van der Waals surface area contributed by atoms with Gasteiger partial charge >= 0.3 is 0 Å². The van der Waals surface area contributed by atoms with Crippen LogP contribution in [0, 0.1) is 5.92 Å². The van der Waals surface area contributed by atoms with Crippen molar-refractivity contribution in [2.24, 2.45) is 5.92 Å². The lowest BCUT2D eigenvalue weighted by atomic mass is 9.66. The van der Waals surface area contributed by atoms with Crippen LogP contribution in [-0.4, -0.2) is 77.1 Å². The Bertz CT molecular complexity index is 1700. The van der Waals surface area contributed by atoms with Gasteiger partial charge in [0.25, 0.3) is 0 Å². The van der Waals surface area contributed by atoms with Crippen LogP contribution in [0.3, 0.4) is 0 Å². The molecular weight excluding hydrogens is 568 g/mol. The Kier molecular flexibility index (Phi) is 6.98. The average molecular weight is 615 g/mol. The Morgan fingerprint density at radius 1 is 1.09 bits per heavy atom. The molecule has 0 amide bonds. The van der Waals surface area contributed by atoms with Gasteiger partial charge in [-0.25, -0.2) is 19.9 Å². The number of aryl methyl sites for hydroxylation is 1. The average Bonchev–Trinajstić information content (AvgIpc) is 3.71. The van der Waals surface area contributed by atoms with Gasteiger partial charge in [-0.05, 0) is 88.8 Å². The van der Waals surface area contributed by atoms with Crippen LogP contribution < -0.4 is 5.73 Å². The molecule has 0 spiro atoms. The van der Waals surface area contributed by atoms with Crippen molar-refractivity contribution in [1.82, 2.24) is 34.4 Å². The van der Waals surface area contributed by atoms with E-state index in [1.165, 1.54) is 49.5 Å². The lowest BCUT2D eigenvalue weighted by Crippen LogP contribution is -2.52. The van der Waals surface area contributed by atoms with E-state index in [-0.39, 0.29) is 18.3 Å². The van der Waals surface area contributed by atoms with Crippen LogP contribution in [0.5, 0.6) is 0 Å². The van der Waals surface area contributed by atoms with E-state index >= 15 is 0 Å². The number of nitrogens with two attached hydrogens (primary N) is 1. The Morgan fingerprint density at radius 2 is 1.89 bits per heavy atom. The summed E-state index contributed by atoms with van der Waals surface area (Å²) in [6.07, 6.45) is 10.6. The molecule has 8 rings (SSSR count). The van der Waals surface area contributed by atoms with Crippen molar-refractivity contribution in [2.45, 2.75) is 127 Å². The van der Waals surface area contributed by atoms with Crippen molar-refractivity contribution in [3.63, 3.8) is 0 Å². The molecule has 0 bridgehead atoms. The number of benzene rings is 1. The maximum absolute atomic E-state index is 6.73. The molecule has 2 saturated carbocycles. The summed E-state index contributed by atoms with van der Waals surface area (Å²) < 4.78 is 21.5. The Balaban J connectivity index is 0.918. The number of hydrogen-bond donors (Lipinski definition) is 2. The first-order chi connectivity index (χ1) is 21.6. The summed E-state index contributed by atoms with van der Waals surface area (Å²) >= 11 is 0. The second-order valence-corrected chi connectivity index (χ2v) is 14.9. The third-order valence-corrected chi connectivity index (χ3v) is 11.0. The number of imidazole rings is 2. The minimum atomic E-state index is -0.697. The fourth-order valence-corrected chi connectivity index (χ4v) is 8.18. The van der Waals surface area contributed by atoms with Crippen molar-refractivity contribution in [1.29, 1.82) is 0 Å². The van der Waals surface area contributed by atoms with Gasteiger partial charge < -0.3 is 24.9 Å². The third-order valence-electron chi connectivity index (χ3n) is 11.0. The molecule has 11 nitrogen and oxygen atoms in total. The maximum Gasteiger partial charge on any atom is 0.167 e. The molecule has 3 N–H and O–H groups in total. The first kappa shape index (κ1) is 29.3. The smallest absolute Gasteiger partial charge is 0.167 e. The number of hydrogen-bond acceptors (Lipinski definition) is 9. The molecule has 0 radical (unpaired) electrons. The fourth-order valence-electron chi connectivity index (χ4n) is 8.18. The molecule has 1 aromatic carbocycles. The van der Waals surface area contributed by atoms with Gasteiger partial charge in [0, 0.05) is 25.0 Å². The number of ether oxygens (including phenoxy) is 3. The van der Waals surface area contributed by atoms with Crippen LogP contribution in [0.15, 0.2) is 30.9 Å².